The number of carbonyl (C=O) groups excluding carboxylic acids is 1. The summed E-state index contributed by atoms with van der Waals surface area (Å²) in [4.78, 5) is 11.9. The first-order chi connectivity index (χ1) is 8.51. The van der Waals surface area contributed by atoms with E-state index in [9.17, 15) is 4.79 Å². The van der Waals surface area contributed by atoms with E-state index in [1.54, 1.807) is 0 Å². The molecule has 1 fully saturated rings. The van der Waals surface area contributed by atoms with Gasteiger partial charge in [0.2, 0.25) is 0 Å². The minimum absolute atomic E-state index is 0.169. The molecule has 0 aromatic rings. The van der Waals surface area contributed by atoms with Crippen LogP contribution in [-0.2, 0) is 14.3 Å². The van der Waals surface area contributed by atoms with Crippen molar-refractivity contribution < 1.29 is 14.3 Å². The van der Waals surface area contributed by atoms with Crippen LogP contribution in [0.2, 0.25) is 0 Å². The SMILES string of the molecule is CCC(C)OCCCC(C)(NC1CC1)C(=O)OC. The highest BCUT2D eigenvalue weighted by atomic mass is 16.5. The molecule has 0 aliphatic heterocycles. The van der Waals surface area contributed by atoms with Crippen LogP contribution in [0, 0.1) is 0 Å². The van der Waals surface area contributed by atoms with Gasteiger partial charge in [-0.2, -0.15) is 0 Å². The Labute approximate surface area is 110 Å². The fraction of sp³-hybridized carbons (Fsp3) is 0.929. The van der Waals surface area contributed by atoms with Crippen LogP contribution in [0.5, 0.6) is 0 Å². The number of rotatable bonds is 9. The average molecular weight is 257 g/mol. The second-order valence-electron chi connectivity index (χ2n) is 5.44. The number of carbonyl (C=O) groups is 1. The highest BCUT2D eigenvalue weighted by molar-refractivity contribution is 5.80. The zero-order chi connectivity index (χ0) is 13.6. The van der Waals surface area contributed by atoms with Gasteiger partial charge in [0.05, 0.1) is 13.2 Å². The van der Waals surface area contributed by atoms with Crippen molar-refractivity contribution >= 4 is 5.97 Å². The van der Waals surface area contributed by atoms with Crippen molar-refractivity contribution in [1.29, 1.82) is 0 Å². The first-order valence-corrected chi connectivity index (χ1v) is 6.99. The van der Waals surface area contributed by atoms with E-state index in [0.717, 1.165) is 32.1 Å². The lowest BCUT2D eigenvalue weighted by Gasteiger charge is -2.28. The third-order valence-corrected chi connectivity index (χ3v) is 3.53. The molecule has 1 rings (SSSR count). The number of hydrogen-bond donors (Lipinski definition) is 1. The summed E-state index contributed by atoms with van der Waals surface area (Å²) in [6.07, 6.45) is 5.27. The molecule has 0 aromatic carbocycles. The van der Waals surface area contributed by atoms with Gasteiger partial charge in [0.1, 0.15) is 5.54 Å². The largest absolute Gasteiger partial charge is 0.468 e. The first-order valence-electron chi connectivity index (χ1n) is 6.99. The Bertz CT molecular complexity index is 266. The summed E-state index contributed by atoms with van der Waals surface area (Å²) < 4.78 is 10.5. The Morgan fingerprint density at radius 2 is 2.17 bits per heavy atom. The van der Waals surface area contributed by atoms with Gasteiger partial charge in [0.25, 0.3) is 0 Å². The molecule has 1 N–H and O–H groups in total. The number of ether oxygens (including phenoxy) is 2. The summed E-state index contributed by atoms with van der Waals surface area (Å²) in [5.41, 5.74) is -0.561. The van der Waals surface area contributed by atoms with Crippen molar-refractivity contribution in [1.82, 2.24) is 5.32 Å². The van der Waals surface area contributed by atoms with Crippen LogP contribution in [0.15, 0.2) is 0 Å². The van der Waals surface area contributed by atoms with Crippen molar-refractivity contribution in [2.24, 2.45) is 0 Å². The van der Waals surface area contributed by atoms with Gasteiger partial charge >= 0.3 is 5.97 Å². The van der Waals surface area contributed by atoms with E-state index < -0.39 is 5.54 Å². The summed E-state index contributed by atoms with van der Waals surface area (Å²) in [7, 11) is 1.45. The average Bonchev–Trinajstić information content (AvgIpc) is 3.16. The lowest BCUT2D eigenvalue weighted by atomic mass is 9.95. The molecule has 0 saturated heterocycles. The Morgan fingerprint density at radius 3 is 2.67 bits per heavy atom. The molecular weight excluding hydrogens is 230 g/mol. The summed E-state index contributed by atoms with van der Waals surface area (Å²) >= 11 is 0. The maximum atomic E-state index is 11.9. The van der Waals surface area contributed by atoms with Crippen LogP contribution in [0.1, 0.15) is 52.9 Å². The third-order valence-electron chi connectivity index (χ3n) is 3.53. The molecule has 1 aliphatic carbocycles. The van der Waals surface area contributed by atoms with Crippen molar-refractivity contribution in [2.75, 3.05) is 13.7 Å². The summed E-state index contributed by atoms with van der Waals surface area (Å²) in [6, 6.07) is 0.490. The van der Waals surface area contributed by atoms with Crippen LogP contribution in [0.25, 0.3) is 0 Å². The van der Waals surface area contributed by atoms with E-state index >= 15 is 0 Å². The van der Waals surface area contributed by atoms with Crippen molar-refractivity contribution in [3.63, 3.8) is 0 Å². The minimum Gasteiger partial charge on any atom is -0.468 e. The number of methoxy groups -OCH3 is 1. The van der Waals surface area contributed by atoms with E-state index in [0.29, 0.717) is 18.8 Å². The van der Waals surface area contributed by atoms with Gasteiger partial charge < -0.3 is 9.47 Å². The Hall–Kier alpha value is -0.610. The first kappa shape index (κ1) is 15.4. The maximum absolute atomic E-state index is 11.9. The van der Waals surface area contributed by atoms with E-state index in [-0.39, 0.29) is 5.97 Å². The van der Waals surface area contributed by atoms with Crippen LogP contribution in [-0.4, -0.2) is 37.4 Å². The number of hydrogen-bond acceptors (Lipinski definition) is 4. The molecule has 106 valence electrons. The fourth-order valence-corrected chi connectivity index (χ4v) is 1.96. The standard InChI is InChI=1S/C14H27NO3/c1-5-11(2)18-10-6-9-14(3,13(16)17-4)15-12-7-8-12/h11-12,15H,5-10H2,1-4H3. The lowest BCUT2D eigenvalue weighted by molar-refractivity contribution is -0.148. The van der Waals surface area contributed by atoms with E-state index in [1.165, 1.54) is 7.11 Å². The van der Waals surface area contributed by atoms with Crippen LogP contribution >= 0.6 is 0 Å². The predicted molar refractivity (Wildman–Crippen MR) is 71.5 cm³/mol. The smallest absolute Gasteiger partial charge is 0.325 e. The van der Waals surface area contributed by atoms with Gasteiger partial charge in [0, 0.05) is 12.6 Å². The minimum atomic E-state index is -0.561. The molecule has 2 atom stereocenters. The molecule has 0 aromatic heterocycles. The van der Waals surface area contributed by atoms with Gasteiger partial charge in [-0.05, 0) is 46.0 Å². The highest BCUT2D eigenvalue weighted by Crippen LogP contribution is 2.25. The van der Waals surface area contributed by atoms with Crippen molar-refractivity contribution in [3.05, 3.63) is 0 Å². The summed E-state index contributed by atoms with van der Waals surface area (Å²) in [5.74, 6) is -0.169. The van der Waals surface area contributed by atoms with Crippen LogP contribution in [0.3, 0.4) is 0 Å². The van der Waals surface area contributed by atoms with Gasteiger partial charge in [-0.25, -0.2) is 0 Å². The molecule has 0 amide bonds. The van der Waals surface area contributed by atoms with Crippen LogP contribution < -0.4 is 5.32 Å². The molecule has 0 radical (unpaired) electrons. The zero-order valence-corrected chi connectivity index (χ0v) is 12.1. The van der Waals surface area contributed by atoms with Gasteiger partial charge in [-0.3, -0.25) is 10.1 Å². The Kier molecular flexibility index (Phi) is 6.09. The molecule has 0 bridgehead atoms. The molecule has 4 nitrogen and oxygen atoms in total. The topological polar surface area (TPSA) is 47.6 Å². The number of esters is 1. The van der Waals surface area contributed by atoms with Gasteiger partial charge in [-0.15, -0.1) is 0 Å². The maximum Gasteiger partial charge on any atom is 0.325 e. The monoisotopic (exact) mass is 257 g/mol. The third kappa shape index (κ3) is 4.94. The van der Waals surface area contributed by atoms with Gasteiger partial charge in [0.15, 0.2) is 0 Å². The highest BCUT2D eigenvalue weighted by Gasteiger charge is 2.38. The molecule has 4 heteroatoms. The molecule has 1 saturated carbocycles. The van der Waals surface area contributed by atoms with E-state index in [1.807, 2.05) is 6.92 Å². The van der Waals surface area contributed by atoms with E-state index in [4.69, 9.17) is 9.47 Å². The lowest BCUT2D eigenvalue weighted by Crippen LogP contribution is -2.51. The van der Waals surface area contributed by atoms with E-state index in [2.05, 4.69) is 19.2 Å². The molecule has 0 spiro atoms. The fourth-order valence-electron chi connectivity index (χ4n) is 1.96. The normalized spacial score (nSPS) is 20.2. The van der Waals surface area contributed by atoms with Gasteiger partial charge in [-0.1, -0.05) is 6.92 Å². The zero-order valence-electron chi connectivity index (χ0n) is 12.1. The Morgan fingerprint density at radius 1 is 1.50 bits per heavy atom. The van der Waals surface area contributed by atoms with Crippen molar-refractivity contribution in [2.45, 2.75) is 70.6 Å². The summed E-state index contributed by atoms with van der Waals surface area (Å²) in [5, 5.41) is 3.39. The molecule has 2 unspecified atom stereocenters. The number of nitrogens with one attached hydrogen (secondary N) is 1. The second kappa shape index (κ2) is 7.10. The quantitative estimate of drug-likeness (QED) is 0.508. The summed E-state index contributed by atoms with van der Waals surface area (Å²) in [6.45, 7) is 6.81. The molecule has 1 aliphatic rings. The molecule has 0 heterocycles. The second-order valence-corrected chi connectivity index (χ2v) is 5.44. The predicted octanol–water partition coefficient (Wildman–Crippen LogP) is 2.27. The van der Waals surface area contributed by atoms with Crippen LogP contribution in [0.4, 0.5) is 0 Å². The molecule has 18 heavy (non-hydrogen) atoms. The Balaban J connectivity index is 2.33. The molecular formula is C14H27NO3. The van der Waals surface area contributed by atoms with Crippen molar-refractivity contribution in [3.8, 4) is 0 Å².